The van der Waals surface area contributed by atoms with Crippen molar-refractivity contribution in [3.63, 3.8) is 0 Å². The third-order valence-corrected chi connectivity index (χ3v) is 3.00. The van der Waals surface area contributed by atoms with Crippen LogP contribution in [0.25, 0.3) is 0 Å². The highest BCUT2D eigenvalue weighted by atomic mass is 19.1. The number of halogens is 2. The van der Waals surface area contributed by atoms with E-state index in [1.807, 2.05) is 24.6 Å². The molecule has 0 aliphatic carbocycles. The smallest absolute Gasteiger partial charge is 0.128 e. The van der Waals surface area contributed by atoms with E-state index in [2.05, 4.69) is 10.3 Å². The molecule has 102 valence electrons. The molecule has 0 amide bonds. The van der Waals surface area contributed by atoms with Crippen molar-refractivity contribution in [2.45, 2.75) is 32.5 Å². The van der Waals surface area contributed by atoms with Gasteiger partial charge in [-0.25, -0.2) is 13.8 Å². The van der Waals surface area contributed by atoms with Gasteiger partial charge in [-0.3, -0.25) is 0 Å². The summed E-state index contributed by atoms with van der Waals surface area (Å²) in [7, 11) is 0. The maximum atomic E-state index is 13.6. The lowest BCUT2D eigenvalue weighted by atomic mass is 10.1. The molecule has 1 heterocycles. The molecule has 0 saturated carbocycles. The highest BCUT2D eigenvalue weighted by molar-refractivity contribution is 5.21. The van der Waals surface area contributed by atoms with Crippen LogP contribution in [0, 0.1) is 11.6 Å². The molecule has 0 spiro atoms. The first-order valence-corrected chi connectivity index (χ1v) is 6.23. The lowest BCUT2D eigenvalue weighted by Gasteiger charge is -2.21. The van der Waals surface area contributed by atoms with Gasteiger partial charge in [0.05, 0.1) is 6.33 Å². The van der Waals surface area contributed by atoms with Crippen molar-refractivity contribution in [2.24, 2.45) is 0 Å². The fourth-order valence-electron chi connectivity index (χ4n) is 2.13. The fourth-order valence-corrected chi connectivity index (χ4v) is 2.13. The summed E-state index contributed by atoms with van der Waals surface area (Å²) in [6.45, 7) is 4.54. The molecule has 1 aromatic heterocycles. The van der Waals surface area contributed by atoms with Crippen LogP contribution < -0.4 is 5.32 Å². The van der Waals surface area contributed by atoms with E-state index < -0.39 is 11.6 Å². The number of aromatic nitrogens is 2. The first-order chi connectivity index (χ1) is 9.06. The Morgan fingerprint density at radius 2 is 2.11 bits per heavy atom. The normalized spacial score (nSPS) is 14.3. The summed E-state index contributed by atoms with van der Waals surface area (Å²) in [6, 6.07) is 3.38. The summed E-state index contributed by atoms with van der Waals surface area (Å²) < 4.78 is 28.7. The third kappa shape index (κ3) is 3.61. The Hall–Kier alpha value is -1.75. The van der Waals surface area contributed by atoms with Crippen molar-refractivity contribution >= 4 is 0 Å². The van der Waals surface area contributed by atoms with Gasteiger partial charge in [-0.15, -0.1) is 0 Å². The van der Waals surface area contributed by atoms with Crippen LogP contribution in [0.15, 0.2) is 36.9 Å². The number of nitrogens with zero attached hydrogens (tertiary/aromatic N) is 2. The SMILES string of the molecule is CC(Cn1ccnc1)NC(C)c1cc(F)ccc1F. The summed E-state index contributed by atoms with van der Waals surface area (Å²) in [5.41, 5.74) is 0.345. The van der Waals surface area contributed by atoms with Gasteiger partial charge in [-0.1, -0.05) is 0 Å². The van der Waals surface area contributed by atoms with Crippen LogP contribution in [0.1, 0.15) is 25.5 Å². The van der Waals surface area contributed by atoms with Gasteiger partial charge >= 0.3 is 0 Å². The Bertz CT molecular complexity index is 525. The van der Waals surface area contributed by atoms with E-state index in [9.17, 15) is 8.78 Å². The van der Waals surface area contributed by atoms with Gasteiger partial charge < -0.3 is 9.88 Å². The van der Waals surface area contributed by atoms with E-state index in [1.165, 1.54) is 6.07 Å². The second kappa shape index (κ2) is 5.93. The molecule has 0 bridgehead atoms. The first-order valence-electron chi connectivity index (χ1n) is 6.23. The topological polar surface area (TPSA) is 29.9 Å². The molecule has 1 N–H and O–H groups in total. The van der Waals surface area contributed by atoms with Gasteiger partial charge in [0, 0.05) is 36.6 Å². The van der Waals surface area contributed by atoms with E-state index in [-0.39, 0.29) is 12.1 Å². The second-order valence-electron chi connectivity index (χ2n) is 4.71. The Balaban J connectivity index is 2.00. The maximum Gasteiger partial charge on any atom is 0.128 e. The summed E-state index contributed by atoms with van der Waals surface area (Å²) >= 11 is 0. The molecule has 0 fully saturated rings. The van der Waals surface area contributed by atoms with Gasteiger partial charge in [0.15, 0.2) is 0 Å². The molecule has 0 aliphatic heterocycles. The molecule has 0 radical (unpaired) electrons. The zero-order valence-electron chi connectivity index (χ0n) is 11.0. The van der Waals surface area contributed by atoms with Crippen LogP contribution in [0.5, 0.6) is 0 Å². The Morgan fingerprint density at radius 1 is 1.32 bits per heavy atom. The van der Waals surface area contributed by atoms with E-state index in [1.54, 1.807) is 12.5 Å². The molecule has 2 rings (SSSR count). The average molecular weight is 265 g/mol. The van der Waals surface area contributed by atoms with Crippen LogP contribution in [-0.4, -0.2) is 15.6 Å². The molecule has 5 heteroatoms. The van der Waals surface area contributed by atoms with Crippen LogP contribution >= 0.6 is 0 Å². The summed E-state index contributed by atoms with van der Waals surface area (Å²) in [6.07, 6.45) is 5.31. The van der Waals surface area contributed by atoms with Crippen LogP contribution in [0.2, 0.25) is 0 Å². The van der Waals surface area contributed by atoms with Gasteiger partial charge in [0.2, 0.25) is 0 Å². The number of hydrogen-bond acceptors (Lipinski definition) is 2. The Kier molecular flexibility index (Phi) is 4.27. The number of nitrogens with one attached hydrogen (secondary N) is 1. The van der Waals surface area contributed by atoms with Gasteiger partial charge in [-0.05, 0) is 32.0 Å². The standard InChI is InChI=1S/C14H17F2N3/c1-10(8-19-6-5-17-9-19)18-11(2)13-7-12(15)3-4-14(13)16/h3-7,9-11,18H,8H2,1-2H3. The largest absolute Gasteiger partial charge is 0.336 e. The Morgan fingerprint density at radius 3 is 2.79 bits per heavy atom. The zero-order chi connectivity index (χ0) is 13.8. The van der Waals surface area contributed by atoms with Crippen molar-refractivity contribution in [1.29, 1.82) is 0 Å². The lowest BCUT2D eigenvalue weighted by molar-refractivity contribution is 0.419. The van der Waals surface area contributed by atoms with Crippen LogP contribution in [0.4, 0.5) is 8.78 Å². The predicted molar refractivity (Wildman–Crippen MR) is 69.6 cm³/mol. The van der Waals surface area contributed by atoms with E-state index in [0.717, 1.165) is 18.7 Å². The van der Waals surface area contributed by atoms with Gasteiger partial charge in [-0.2, -0.15) is 0 Å². The van der Waals surface area contributed by atoms with Gasteiger partial charge in [0.25, 0.3) is 0 Å². The van der Waals surface area contributed by atoms with E-state index in [0.29, 0.717) is 5.56 Å². The van der Waals surface area contributed by atoms with Crippen molar-refractivity contribution < 1.29 is 8.78 Å². The highest BCUT2D eigenvalue weighted by Crippen LogP contribution is 2.18. The quantitative estimate of drug-likeness (QED) is 0.901. The summed E-state index contributed by atoms with van der Waals surface area (Å²) in [4.78, 5) is 3.96. The molecule has 0 saturated heterocycles. The fraction of sp³-hybridized carbons (Fsp3) is 0.357. The minimum absolute atomic E-state index is 0.117. The molecule has 2 atom stereocenters. The molecule has 0 aliphatic rings. The van der Waals surface area contributed by atoms with Crippen molar-refractivity contribution in [3.8, 4) is 0 Å². The molecule has 2 aromatic rings. The molecule has 19 heavy (non-hydrogen) atoms. The number of hydrogen-bond donors (Lipinski definition) is 1. The second-order valence-corrected chi connectivity index (χ2v) is 4.71. The van der Waals surface area contributed by atoms with Gasteiger partial charge in [0.1, 0.15) is 11.6 Å². The lowest BCUT2D eigenvalue weighted by Crippen LogP contribution is -2.32. The summed E-state index contributed by atoms with van der Waals surface area (Å²) in [5.74, 6) is -0.816. The van der Waals surface area contributed by atoms with Crippen molar-refractivity contribution in [1.82, 2.24) is 14.9 Å². The predicted octanol–water partition coefficient (Wildman–Crippen LogP) is 2.90. The Labute approximate surface area is 111 Å². The monoisotopic (exact) mass is 265 g/mol. The molecule has 3 nitrogen and oxygen atoms in total. The zero-order valence-corrected chi connectivity index (χ0v) is 11.0. The van der Waals surface area contributed by atoms with E-state index >= 15 is 0 Å². The first kappa shape index (κ1) is 13.7. The molecular weight excluding hydrogens is 248 g/mol. The number of rotatable bonds is 5. The number of imidazole rings is 1. The maximum absolute atomic E-state index is 13.6. The number of benzene rings is 1. The van der Waals surface area contributed by atoms with Crippen molar-refractivity contribution in [3.05, 3.63) is 54.1 Å². The minimum Gasteiger partial charge on any atom is -0.336 e. The summed E-state index contributed by atoms with van der Waals surface area (Å²) in [5, 5.41) is 3.25. The highest BCUT2D eigenvalue weighted by Gasteiger charge is 2.14. The van der Waals surface area contributed by atoms with Crippen molar-refractivity contribution in [2.75, 3.05) is 0 Å². The average Bonchev–Trinajstić information content (AvgIpc) is 2.84. The van der Waals surface area contributed by atoms with E-state index in [4.69, 9.17) is 0 Å². The van der Waals surface area contributed by atoms with Crippen LogP contribution in [-0.2, 0) is 6.54 Å². The van der Waals surface area contributed by atoms with Crippen LogP contribution in [0.3, 0.4) is 0 Å². The molecular formula is C14H17F2N3. The minimum atomic E-state index is -0.424. The third-order valence-electron chi connectivity index (χ3n) is 3.00. The molecule has 1 aromatic carbocycles. The molecule has 2 unspecified atom stereocenters.